The number of aliphatic imine (C=N–C) groups is 1. The average molecular weight is 503 g/mol. The minimum absolute atomic E-state index is 0.0876. The van der Waals surface area contributed by atoms with Gasteiger partial charge < -0.3 is 15.2 Å². The number of halogens is 6. The number of allylic oxidation sites excluding steroid dienone is 1. The maximum atomic E-state index is 13.6. The lowest BCUT2D eigenvalue weighted by atomic mass is 10.1. The first-order chi connectivity index (χ1) is 15.6. The molecule has 0 aliphatic carbocycles. The molecule has 0 saturated heterocycles. The van der Waals surface area contributed by atoms with E-state index in [9.17, 15) is 30.9 Å². The monoisotopic (exact) mass is 503 g/mol. The molecule has 4 nitrogen and oxygen atoms in total. The van der Waals surface area contributed by atoms with Crippen molar-refractivity contribution >= 4 is 24.0 Å². The van der Waals surface area contributed by atoms with Gasteiger partial charge in [-0.25, -0.2) is 0 Å². The van der Waals surface area contributed by atoms with Gasteiger partial charge in [-0.3, -0.25) is 4.99 Å². The first-order valence-electron chi connectivity index (χ1n) is 9.95. The molecular weight excluding hydrogens is 479 g/mol. The second-order valence-electron chi connectivity index (χ2n) is 7.65. The van der Waals surface area contributed by atoms with Crippen molar-refractivity contribution in [3.63, 3.8) is 0 Å². The lowest BCUT2D eigenvalue weighted by Crippen LogP contribution is -2.33. The van der Waals surface area contributed by atoms with E-state index in [1.807, 2.05) is 0 Å². The number of nitrogens with zero attached hydrogens (tertiary/aromatic N) is 1. The Bertz CT molecular complexity index is 1130. The predicted octanol–water partition coefficient (Wildman–Crippen LogP) is 6.53. The van der Waals surface area contributed by atoms with Crippen molar-refractivity contribution in [2.75, 3.05) is 18.6 Å². The Labute approximate surface area is 193 Å². The summed E-state index contributed by atoms with van der Waals surface area (Å²) in [6.45, 7) is 7.35. The Morgan fingerprint density at radius 3 is 2.12 bits per heavy atom. The summed E-state index contributed by atoms with van der Waals surface area (Å²) >= 11 is 0. The summed E-state index contributed by atoms with van der Waals surface area (Å²) in [6, 6.07) is 10.9. The average Bonchev–Trinajstić information content (AvgIpc) is 2.70. The van der Waals surface area contributed by atoms with Crippen LogP contribution in [0.1, 0.15) is 18.1 Å². The Kier molecular flexibility index (Phi) is 8.42. The number of rotatable bonds is 7. The van der Waals surface area contributed by atoms with Gasteiger partial charge in [0, 0.05) is 11.0 Å². The van der Waals surface area contributed by atoms with E-state index in [2.05, 4.69) is 22.2 Å². The lowest BCUT2D eigenvalue weighted by Gasteiger charge is -2.19. The number of hydrogen-bond acceptors (Lipinski definition) is 3. The van der Waals surface area contributed by atoms with Gasteiger partial charge in [0.25, 0.3) is 0 Å². The summed E-state index contributed by atoms with van der Waals surface area (Å²) in [5.74, 6) is -0.775. The van der Waals surface area contributed by atoms with Crippen LogP contribution in [0.4, 0.5) is 32.0 Å². The number of benzene rings is 2. The van der Waals surface area contributed by atoms with E-state index in [0.717, 1.165) is 25.1 Å². The third-order valence-electron chi connectivity index (χ3n) is 4.63. The molecule has 0 bridgehead atoms. The quantitative estimate of drug-likeness (QED) is 0.195. The molecule has 2 rings (SSSR count). The van der Waals surface area contributed by atoms with Gasteiger partial charge in [-0.2, -0.15) is 26.3 Å². The Morgan fingerprint density at radius 1 is 1.03 bits per heavy atom. The molecule has 0 aromatic heterocycles. The van der Waals surface area contributed by atoms with Gasteiger partial charge in [0.1, 0.15) is 18.8 Å². The fourth-order valence-corrected chi connectivity index (χ4v) is 3.84. The maximum absolute atomic E-state index is 13.6. The minimum atomic E-state index is -4.81. The van der Waals surface area contributed by atoms with Crippen LogP contribution in [-0.4, -0.2) is 25.3 Å². The largest absolute Gasteiger partial charge is 0.419 e. The maximum Gasteiger partial charge on any atom is 0.419 e. The van der Waals surface area contributed by atoms with E-state index in [0.29, 0.717) is 11.0 Å². The van der Waals surface area contributed by atoms with Crippen LogP contribution in [-0.2, 0) is 17.3 Å². The van der Waals surface area contributed by atoms with Crippen molar-refractivity contribution in [1.82, 2.24) is 5.32 Å². The fourth-order valence-electron chi connectivity index (χ4n) is 2.98. The molecule has 2 N–H and O–H groups in total. The Hall–Kier alpha value is -3.00. The van der Waals surface area contributed by atoms with Gasteiger partial charge in [0.2, 0.25) is 0 Å². The summed E-state index contributed by atoms with van der Waals surface area (Å²) in [5, 5.41) is 5.80. The Balaban J connectivity index is 2.32. The smallest absolute Gasteiger partial charge is 0.342 e. The highest BCUT2D eigenvalue weighted by Crippen LogP contribution is 2.35. The highest BCUT2D eigenvalue weighted by atomic mass is 31.2. The predicted molar refractivity (Wildman–Crippen MR) is 124 cm³/mol. The van der Waals surface area contributed by atoms with Crippen molar-refractivity contribution in [3.8, 4) is 0 Å². The van der Waals surface area contributed by atoms with E-state index < -0.39 is 43.0 Å². The van der Waals surface area contributed by atoms with Crippen molar-refractivity contribution < 1.29 is 30.9 Å². The minimum Gasteiger partial charge on any atom is -0.342 e. The van der Waals surface area contributed by atoms with Gasteiger partial charge in [-0.15, -0.1) is 0 Å². The zero-order valence-electron chi connectivity index (χ0n) is 18.7. The first kappa shape index (κ1) is 27.2. The summed E-state index contributed by atoms with van der Waals surface area (Å²) in [5.41, 5.74) is -1.96. The van der Waals surface area contributed by atoms with Crippen molar-refractivity contribution in [3.05, 3.63) is 83.7 Å². The molecular formula is C23H24F6N3OP. The van der Waals surface area contributed by atoms with Crippen LogP contribution in [0.15, 0.2) is 77.6 Å². The normalized spacial score (nSPS) is 13.6. The van der Waals surface area contributed by atoms with Gasteiger partial charge in [0.15, 0.2) is 0 Å². The molecule has 11 heteroatoms. The van der Waals surface area contributed by atoms with Crippen molar-refractivity contribution in [1.29, 1.82) is 0 Å². The third kappa shape index (κ3) is 7.52. The molecule has 2 aromatic carbocycles. The van der Waals surface area contributed by atoms with E-state index in [-0.39, 0.29) is 11.4 Å². The summed E-state index contributed by atoms with van der Waals surface area (Å²) in [7, 11) is -2.48. The third-order valence-corrected chi connectivity index (χ3v) is 6.17. The highest BCUT2D eigenvalue weighted by molar-refractivity contribution is 7.70. The van der Waals surface area contributed by atoms with Crippen molar-refractivity contribution in [2.24, 2.45) is 4.99 Å². The highest BCUT2D eigenvalue weighted by Gasteiger charge is 2.37. The van der Waals surface area contributed by atoms with Crippen LogP contribution in [0.2, 0.25) is 0 Å². The molecule has 0 saturated carbocycles. The molecule has 0 unspecified atom stereocenters. The zero-order chi connectivity index (χ0) is 25.7. The first-order valence-corrected chi connectivity index (χ1v) is 12.5. The van der Waals surface area contributed by atoms with E-state index in [1.165, 1.54) is 12.1 Å². The lowest BCUT2D eigenvalue weighted by molar-refractivity contribution is -0.138. The number of alkyl halides is 6. The number of amidine groups is 1. The van der Waals surface area contributed by atoms with Crippen LogP contribution < -0.4 is 15.9 Å². The molecule has 0 fully saturated rings. The molecule has 0 amide bonds. The number of nitrogens with one attached hydrogen (secondary N) is 2. The summed E-state index contributed by atoms with van der Waals surface area (Å²) in [6.07, 6.45) is -8.72. The molecule has 0 heterocycles. The SMILES string of the molecule is C=C(NC(=NCc1ccccc1C(F)(F)F)/C(=C\C)C(F)(F)F)Nc1ccc(P(C)(C)=O)cc1. The fraction of sp³-hybridized carbons (Fsp3) is 0.261. The van der Waals surface area contributed by atoms with Crippen LogP contribution in [0, 0.1) is 0 Å². The molecule has 2 aromatic rings. The van der Waals surface area contributed by atoms with E-state index in [4.69, 9.17) is 0 Å². The molecule has 0 radical (unpaired) electrons. The van der Waals surface area contributed by atoms with Crippen LogP contribution in [0.3, 0.4) is 0 Å². The standard InChI is InChI=1S/C23H24F6N3OP/c1-5-19(22(24,25)26)21(30-14-16-8-6-7-9-20(16)23(27,28)29)32-15(2)31-17-10-12-18(13-11-17)34(3,4)33/h5-13,31H,2,14H2,1,3-4H3,(H,30,32)/b19-5+. The van der Waals surface area contributed by atoms with E-state index in [1.54, 1.807) is 37.6 Å². The van der Waals surface area contributed by atoms with Crippen LogP contribution in [0.25, 0.3) is 0 Å². The van der Waals surface area contributed by atoms with Gasteiger partial charge >= 0.3 is 12.4 Å². The van der Waals surface area contributed by atoms with Gasteiger partial charge in [0.05, 0.1) is 17.7 Å². The number of anilines is 1. The zero-order valence-corrected chi connectivity index (χ0v) is 19.6. The Morgan fingerprint density at radius 2 is 1.62 bits per heavy atom. The molecule has 0 aliphatic heterocycles. The van der Waals surface area contributed by atoms with E-state index >= 15 is 0 Å². The molecule has 0 aliphatic rings. The molecule has 0 spiro atoms. The van der Waals surface area contributed by atoms with Crippen molar-refractivity contribution in [2.45, 2.75) is 25.8 Å². The van der Waals surface area contributed by atoms with Gasteiger partial charge in [-0.1, -0.05) is 30.9 Å². The summed E-state index contributed by atoms with van der Waals surface area (Å²) < 4.78 is 92.5. The topological polar surface area (TPSA) is 53.5 Å². The molecule has 184 valence electrons. The van der Waals surface area contributed by atoms with Gasteiger partial charge in [-0.05, 0) is 56.1 Å². The second kappa shape index (κ2) is 10.5. The molecule has 0 atom stereocenters. The second-order valence-corrected chi connectivity index (χ2v) is 10.9. The van der Waals surface area contributed by atoms with Crippen LogP contribution in [0.5, 0.6) is 0 Å². The molecule has 34 heavy (non-hydrogen) atoms. The summed E-state index contributed by atoms with van der Waals surface area (Å²) in [4.78, 5) is 3.81. The number of hydrogen-bond donors (Lipinski definition) is 2. The van der Waals surface area contributed by atoms with Crippen LogP contribution >= 0.6 is 7.14 Å².